The standard InChI is InChI=1S/C23H34N4O2.HI/c1-2-24-22(25-16-23(29)13-11-17-7-5-6-10-20(17)23)26-19-12-14-27(15-19)21(28)18-8-3-4-9-18;/h5-7,10,18-19,29H,2-4,8-9,11-16H2,1H3,(H2,24,25,26);1H. The van der Waals surface area contributed by atoms with Crippen molar-refractivity contribution in [1.82, 2.24) is 15.5 Å². The molecule has 0 radical (unpaired) electrons. The maximum atomic E-state index is 12.7. The number of aryl methyl sites for hydroxylation is 1. The molecule has 1 saturated carbocycles. The number of nitrogens with one attached hydrogen (secondary N) is 2. The number of benzene rings is 1. The molecule has 1 aromatic rings. The quantitative estimate of drug-likeness (QED) is 0.314. The molecule has 0 spiro atoms. The summed E-state index contributed by atoms with van der Waals surface area (Å²) in [6, 6.07) is 8.33. The van der Waals surface area contributed by atoms with Gasteiger partial charge in [-0.2, -0.15) is 0 Å². The molecular weight excluding hydrogens is 491 g/mol. The second kappa shape index (κ2) is 10.3. The molecule has 1 aliphatic heterocycles. The van der Waals surface area contributed by atoms with E-state index in [4.69, 9.17) is 4.99 Å². The summed E-state index contributed by atoms with van der Waals surface area (Å²) in [5.74, 6) is 1.31. The van der Waals surface area contributed by atoms with Crippen LogP contribution in [0.3, 0.4) is 0 Å². The summed E-state index contributed by atoms with van der Waals surface area (Å²) < 4.78 is 0. The predicted molar refractivity (Wildman–Crippen MR) is 130 cm³/mol. The maximum absolute atomic E-state index is 12.7. The molecule has 166 valence electrons. The van der Waals surface area contributed by atoms with Crippen LogP contribution in [0.5, 0.6) is 0 Å². The van der Waals surface area contributed by atoms with Gasteiger partial charge in [0, 0.05) is 31.6 Å². The van der Waals surface area contributed by atoms with E-state index in [2.05, 4.69) is 16.7 Å². The van der Waals surface area contributed by atoms with Gasteiger partial charge in [-0.3, -0.25) is 4.79 Å². The van der Waals surface area contributed by atoms with Crippen LogP contribution in [0.1, 0.15) is 56.6 Å². The van der Waals surface area contributed by atoms with E-state index >= 15 is 0 Å². The lowest BCUT2D eigenvalue weighted by atomic mass is 9.96. The van der Waals surface area contributed by atoms with E-state index in [0.29, 0.717) is 18.9 Å². The van der Waals surface area contributed by atoms with Gasteiger partial charge in [-0.05, 0) is 50.2 Å². The van der Waals surface area contributed by atoms with Crippen LogP contribution in [-0.4, -0.2) is 54.1 Å². The molecule has 2 unspecified atom stereocenters. The second-order valence-electron chi connectivity index (χ2n) is 8.78. The highest BCUT2D eigenvalue weighted by Gasteiger charge is 2.36. The van der Waals surface area contributed by atoms with Gasteiger partial charge in [-0.25, -0.2) is 4.99 Å². The summed E-state index contributed by atoms with van der Waals surface area (Å²) in [6.45, 7) is 4.72. The minimum Gasteiger partial charge on any atom is -0.383 e. The van der Waals surface area contributed by atoms with Gasteiger partial charge in [-0.15, -0.1) is 24.0 Å². The molecule has 2 aliphatic carbocycles. The van der Waals surface area contributed by atoms with E-state index in [9.17, 15) is 9.90 Å². The number of carbonyl (C=O) groups is 1. The monoisotopic (exact) mass is 526 g/mol. The molecule has 3 N–H and O–H groups in total. The highest BCUT2D eigenvalue weighted by Crippen LogP contribution is 2.36. The molecule has 1 aromatic carbocycles. The highest BCUT2D eigenvalue weighted by molar-refractivity contribution is 14.0. The third kappa shape index (κ3) is 5.10. The molecule has 0 bridgehead atoms. The van der Waals surface area contributed by atoms with Gasteiger partial charge < -0.3 is 20.6 Å². The molecule has 1 amide bonds. The first-order valence-corrected chi connectivity index (χ1v) is 11.2. The normalized spacial score (nSPS) is 26.4. The Bertz CT molecular complexity index is 765. The van der Waals surface area contributed by atoms with E-state index < -0.39 is 5.60 Å². The lowest BCUT2D eigenvalue weighted by molar-refractivity contribution is -0.134. The Hall–Kier alpha value is -1.35. The molecule has 6 nitrogen and oxygen atoms in total. The zero-order valence-corrected chi connectivity index (χ0v) is 20.2. The SMILES string of the molecule is CCNC(=NCC1(O)CCc2ccccc21)NC1CCN(C(=O)C2CCCC2)C1.I. The van der Waals surface area contributed by atoms with Crippen molar-refractivity contribution in [2.75, 3.05) is 26.2 Å². The van der Waals surface area contributed by atoms with Crippen molar-refractivity contribution in [3.8, 4) is 0 Å². The zero-order valence-electron chi connectivity index (χ0n) is 17.9. The molecule has 0 aromatic heterocycles. The Balaban J connectivity index is 0.00000256. The van der Waals surface area contributed by atoms with Gasteiger partial charge in [-0.1, -0.05) is 37.1 Å². The van der Waals surface area contributed by atoms with Crippen LogP contribution in [-0.2, 0) is 16.8 Å². The molecule has 1 saturated heterocycles. The van der Waals surface area contributed by atoms with E-state index in [-0.39, 0.29) is 35.9 Å². The van der Waals surface area contributed by atoms with Crippen molar-refractivity contribution >= 4 is 35.8 Å². The minimum absolute atomic E-state index is 0. The van der Waals surface area contributed by atoms with Crippen molar-refractivity contribution in [2.45, 2.75) is 63.5 Å². The van der Waals surface area contributed by atoms with Crippen LogP contribution in [0.2, 0.25) is 0 Å². The van der Waals surface area contributed by atoms with E-state index in [1.165, 1.54) is 18.4 Å². The topological polar surface area (TPSA) is 77.0 Å². The average molecular weight is 526 g/mol. The summed E-state index contributed by atoms with van der Waals surface area (Å²) in [5, 5.41) is 17.9. The Labute approximate surface area is 196 Å². The van der Waals surface area contributed by atoms with Crippen LogP contribution in [0.4, 0.5) is 0 Å². The van der Waals surface area contributed by atoms with Gasteiger partial charge in [0.25, 0.3) is 0 Å². The first-order chi connectivity index (χ1) is 14.1. The summed E-state index contributed by atoms with van der Waals surface area (Å²) >= 11 is 0. The summed E-state index contributed by atoms with van der Waals surface area (Å²) in [6.07, 6.45) is 7.03. The first-order valence-electron chi connectivity index (χ1n) is 11.2. The number of carbonyl (C=O) groups excluding carboxylic acids is 1. The maximum Gasteiger partial charge on any atom is 0.225 e. The zero-order chi connectivity index (χ0) is 20.3. The number of likely N-dealkylation sites (tertiary alicyclic amines) is 1. The molecule has 1 heterocycles. The summed E-state index contributed by atoms with van der Waals surface area (Å²) in [5.41, 5.74) is 1.34. The van der Waals surface area contributed by atoms with Crippen LogP contribution >= 0.6 is 24.0 Å². The van der Waals surface area contributed by atoms with Gasteiger partial charge in [0.15, 0.2) is 5.96 Å². The summed E-state index contributed by atoms with van der Waals surface area (Å²) in [7, 11) is 0. The number of aliphatic imine (C=N–C) groups is 1. The first kappa shape index (κ1) is 23.3. The number of hydrogen-bond acceptors (Lipinski definition) is 3. The molecular formula is C23H35IN4O2. The average Bonchev–Trinajstić information content (AvgIpc) is 3.48. The highest BCUT2D eigenvalue weighted by atomic mass is 127. The number of aliphatic hydroxyl groups is 1. The molecule has 4 rings (SSSR count). The third-order valence-electron chi connectivity index (χ3n) is 6.71. The molecule has 2 fully saturated rings. The lowest BCUT2D eigenvalue weighted by Gasteiger charge is -2.24. The molecule has 3 aliphatic rings. The predicted octanol–water partition coefficient (Wildman–Crippen LogP) is 2.78. The van der Waals surface area contributed by atoms with Crippen LogP contribution in [0.15, 0.2) is 29.3 Å². The Morgan fingerprint density at radius 1 is 1.27 bits per heavy atom. The number of halogens is 1. The number of hydrogen-bond donors (Lipinski definition) is 3. The van der Waals surface area contributed by atoms with E-state index in [1.54, 1.807) is 0 Å². The van der Waals surface area contributed by atoms with Crippen LogP contribution in [0.25, 0.3) is 0 Å². The largest absolute Gasteiger partial charge is 0.383 e. The number of rotatable bonds is 5. The fourth-order valence-corrected chi connectivity index (χ4v) is 5.07. The van der Waals surface area contributed by atoms with Gasteiger partial charge in [0.2, 0.25) is 5.91 Å². The molecule has 30 heavy (non-hydrogen) atoms. The lowest BCUT2D eigenvalue weighted by Crippen LogP contribution is -2.46. The number of fused-ring (bicyclic) bond motifs is 1. The fourth-order valence-electron chi connectivity index (χ4n) is 5.07. The van der Waals surface area contributed by atoms with E-state index in [1.807, 2.05) is 30.0 Å². The van der Waals surface area contributed by atoms with Crippen molar-refractivity contribution in [3.05, 3.63) is 35.4 Å². The van der Waals surface area contributed by atoms with Crippen molar-refractivity contribution in [3.63, 3.8) is 0 Å². The Kier molecular flexibility index (Phi) is 8.01. The van der Waals surface area contributed by atoms with Gasteiger partial charge in [0.05, 0.1) is 6.54 Å². The molecule has 2 atom stereocenters. The smallest absolute Gasteiger partial charge is 0.225 e. The molecule has 7 heteroatoms. The fraction of sp³-hybridized carbons (Fsp3) is 0.652. The Morgan fingerprint density at radius 2 is 2.03 bits per heavy atom. The summed E-state index contributed by atoms with van der Waals surface area (Å²) in [4.78, 5) is 19.4. The number of guanidine groups is 1. The second-order valence-corrected chi connectivity index (χ2v) is 8.78. The van der Waals surface area contributed by atoms with Crippen molar-refractivity contribution in [2.24, 2.45) is 10.9 Å². The third-order valence-corrected chi connectivity index (χ3v) is 6.71. The Morgan fingerprint density at radius 3 is 2.80 bits per heavy atom. The van der Waals surface area contributed by atoms with E-state index in [0.717, 1.165) is 56.8 Å². The van der Waals surface area contributed by atoms with Gasteiger partial charge >= 0.3 is 0 Å². The van der Waals surface area contributed by atoms with Crippen LogP contribution < -0.4 is 10.6 Å². The van der Waals surface area contributed by atoms with Gasteiger partial charge in [0.1, 0.15) is 5.60 Å². The minimum atomic E-state index is -0.890. The number of nitrogens with zero attached hydrogens (tertiary/aromatic N) is 2. The van der Waals surface area contributed by atoms with Crippen LogP contribution in [0, 0.1) is 5.92 Å². The van der Waals surface area contributed by atoms with Crippen molar-refractivity contribution < 1.29 is 9.90 Å². The number of amides is 1. The van der Waals surface area contributed by atoms with Crippen molar-refractivity contribution in [1.29, 1.82) is 0 Å².